The van der Waals surface area contributed by atoms with Crippen LogP contribution in [0.5, 0.6) is 0 Å². The summed E-state index contributed by atoms with van der Waals surface area (Å²) >= 11 is 0. The van der Waals surface area contributed by atoms with Crippen LogP contribution in [0.1, 0.15) is 11.1 Å². The van der Waals surface area contributed by atoms with Gasteiger partial charge in [-0.05, 0) is 29.3 Å². The highest BCUT2D eigenvalue weighted by Gasteiger charge is 2.33. The summed E-state index contributed by atoms with van der Waals surface area (Å²) < 4.78 is 3.12. The number of rotatable bonds is 3. The van der Waals surface area contributed by atoms with Crippen molar-refractivity contribution in [1.82, 2.24) is 19.4 Å². The largest absolute Gasteiger partial charge is 0.329 e. The van der Waals surface area contributed by atoms with Gasteiger partial charge < -0.3 is 5.32 Å². The van der Waals surface area contributed by atoms with Gasteiger partial charge in [0.1, 0.15) is 5.70 Å². The zero-order valence-corrected chi connectivity index (χ0v) is 15.0. The molecule has 0 aliphatic carbocycles. The SMILES string of the molecule is Cn1c(=O)n(C)c2cc(/C=C3/NC(=O)N(Cc4ccccc4)C3=O)ccc21. The molecule has 27 heavy (non-hydrogen) atoms. The average Bonchev–Trinajstić information content (AvgIpc) is 3.05. The van der Waals surface area contributed by atoms with Gasteiger partial charge in [-0.2, -0.15) is 0 Å². The quantitative estimate of drug-likeness (QED) is 0.572. The van der Waals surface area contributed by atoms with E-state index < -0.39 is 6.03 Å². The van der Waals surface area contributed by atoms with Crippen LogP contribution in [-0.4, -0.2) is 26.0 Å². The fraction of sp³-hybridized carbons (Fsp3) is 0.150. The molecular formula is C20H18N4O3. The first-order chi connectivity index (χ1) is 13.0. The van der Waals surface area contributed by atoms with Crippen molar-refractivity contribution in [3.8, 4) is 0 Å². The van der Waals surface area contributed by atoms with Gasteiger partial charge in [-0.1, -0.05) is 36.4 Å². The Morgan fingerprint density at radius 3 is 2.37 bits per heavy atom. The number of amides is 3. The lowest BCUT2D eigenvalue weighted by molar-refractivity contribution is -0.123. The minimum Gasteiger partial charge on any atom is -0.303 e. The number of nitrogens with zero attached hydrogens (tertiary/aromatic N) is 3. The summed E-state index contributed by atoms with van der Waals surface area (Å²) in [6.07, 6.45) is 1.63. The van der Waals surface area contributed by atoms with Crippen LogP contribution in [0.4, 0.5) is 4.79 Å². The molecule has 1 N–H and O–H groups in total. The Labute approximate surface area is 155 Å². The van der Waals surface area contributed by atoms with Gasteiger partial charge in [0.05, 0.1) is 17.6 Å². The molecule has 1 aliphatic rings. The lowest BCUT2D eigenvalue weighted by Gasteiger charge is -2.11. The molecule has 0 saturated carbocycles. The first-order valence-corrected chi connectivity index (χ1v) is 8.49. The van der Waals surface area contributed by atoms with Gasteiger partial charge >= 0.3 is 11.7 Å². The van der Waals surface area contributed by atoms with E-state index in [-0.39, 0.29) is 23.8 Å². The molecule has 0 unspecified atom stereocenters. The minimum atomic E-state index is -0.441. The number of urea groups is 1. The second-order valence-electron chi connectivity index (χ2n) is 6.51. The summed E-state index contributed by atoms with van der Waals surface area (Å²) in [5.74, 6) is -0.370. The molecule has 4 rings (SSSR count). The van der Waals surface area contributed by atoms with Crippen molar-refractivity contribution in [2.75, 3.05) is 0 Å². The zero-order valence-electron chi connectivity index (χ0n) is 15.0. The highest BCUT2D eigenvalue weighted by atomic mass is 16.2. The molecule has 0 atom stereocenters. The molecule has 1 fully saturated rings. The molecule has 7 nitrogen and oxygen atoms in total. The van der Waals surface area contributed by atoms with Crippen LogP contribution in [0.25, 0.3) is 17.1 Å². The minimum absolute atomic E-state index is 0.117. The van der Waals surface area contributed by atoms with Gasteiger partial charge in [-0.3, -0.25) is 18.8 Å². The normalized spacial score (nSPS) is 15.8. The standard InChI is InChI=1S/C20H18N4O3/c1-22-16-9-8-14(11-17(16)23(2)20(22)27)10-15-18(25)24(19(26)21-15)12-13-6-4-3-5-7-13/h3-11H,12H2,1-2H3,(H,21,26)/b15-10+. The van der Waals surface area contributed by atoms with E-state index in [1.54, 1.807) is 29.3 Å². The van der Waals surface area contributed by atoms with E-state index in [1.165, 1.54) is 4.90 Å². The van der Waals surface area contributed by atoms with Gasteiger partial charge in [-0.25, -0.2) is 9.59 Å². The maximum Gasteiger partial charge on any atom is 0.329 e. The highest BCUT2D eigenvalue weighted by molar-refractivity contribution is 6.14. The molecule has 0 spiro atoms. The number of nitrogens with one attached hydrogen (secondary N) is 1. The van der Waals surface area contributed by atoms with Crippen molar-refractivity contribution >= 4 is 29.0 Å². The van der Waals surface area contributed by atoms with Gasteiger partial charge in [0, 0.05) is 14.1 Å². The van der Waals surface area contributed by atoms with Crippen molar-refractivity contribution in [2.45, 2.75) is 6.54 Å². The van der Waals surface area contributed by atoms with Crippen molar-refractivity contribution in [3.63, 3.8) is 0 Å². The Morgan fingerprint density at radius 1 is 0.926 bits per heavy atom. The number of hydrogen-bond acceptors (Lipinski definition) is 3. The fourth-order valence-electron chi connectivity index (χ4n) is 3.26. The number of carbonyl (C=O) groups is 2. The van der Waals surface area contributed by atoms with Crippen molar-refractivity contribution in [1.29, 1.82) is 0 Å². The summed E-state index contributed by atoms with van der Waals surface area (Å²) in [7, 11) is 3.41. The zero-order chi connectivity index (χ0) is 19.1. The summed E-state index contributed by atoms with van der Waals surface area (Å²) in [5.41, 5.74) is 3.27. The molecule has 1 saturated heterocycles. The predicted octanol–water partition coefficient (Wildman–Crippen LogP) is 1.97. The van der Waals surface area contributed by atoms with Gasteiger partial charge in [-0.15, -0.1) is 0 Å². The van der Waals surface area contributed by atoms with E-state index in [0.717, 1.165) is 22.2 Å². The lowest BCUT2D eigenvalue weighted by Crippen LogP contribution is -2.30. The Kier molecular flexibility index (Phi) is 3.92. The van der Waals surface area contributed by atoms with E-state index in [4.69, 9.17) is 0 Å². The summed E-state index contributed by atoms with van der Waals surface area (Å²) in [5, 5.41) is 2.63. The molecule has 0 bridgehead atoms. The molecule has 1 aliphatic heterocycles. The van der Waals surface area contributed by atoms with Crippen molar-refractivity contribution in [2.24, 2.45) is 14.1 Å². The van der Waals surface area contributed by atoms with E-state index in [9.17, 15) is 14.4 Å². The summed E-state index contributed by atoms with van der Waals surface area (Å²) in [6, 6.07) is 14.4. The maximum atomic E-state index is 12.6. The van der Waals surface area contributed by atoms with Crippen LogP contribution in [0.2, 0.25) is 0 Å². The third-order valence-electron chi connectivity index (χ3n) is 4.75. The number of aromatic nitrogens is 2. The van der Waals surface area contributed by atoms with Crippen LogP contribution in [0.15, 0.2) is 59.0 Å². The van der Waals surface area contributed by atoms with Gasteiger partial charge in [0.15, 0.2) is 0 Å². The highest BCUT2D eigenvalue weighted by Crippen LogP contribution is 2.19. The first-order valence-electron chi connectivity index (χ1n) is 8.49. The molecular weight excluding hydrogens is 344 g/mol. The van der Waals surface area contributed by atoms with Gasteiger partial charge in [0.25, 0.3) is 5.91 Å². The maximum absolute atomic E-state index is 12.6. The number of benzene rings is 2. The molecule has 2 heterocycles. The molecule has 3 amide bonds. The molecule has 1 aromatic heterocycles. The topological polar surface area (TPSA) is 76.3 Å². The van der Waals surface area contributed by atoms with Crippen LogP contribution in [0.3, 0.4) is 0 Å². The monoisotopic (exact) mass is 362 g/mol. The number of hydrogen-bond donors (Lipinski definition) is 1. The lowest BCUT2D eigenvalue weighted by atomic mass is 10.1. The number of imide groups is 1. The molecule has 0 radical (unpaired) electrons. The number of imidazole rings is 1. The van der Waals surface area contributed by atoms with Crippen molar-refractivity contribution in [3.05, 3.63) is 75.8 Å². The Balaban J connectivity index is 1.65. The first kappa shape index (κ1) is 16.8. The summed E-state index contributed by atoms with van der Waals surface area (Å²) in [4.78, 5) is 38.1. The van der Waals surface area contributed by atoms with Crippen LogP contribution in [0, 0.1) is 0 Å². The molecule has 136 valence electrons. The number of aryl methyl sites for hydroxylation is 2. The predicted molar refractivity (Wildman–Crippen MR) is 102 cm³/mol. The van der Waals surface area contributed by atoms with E-state index in [2.05, 4.69) is 5.32 Å². The Morgan fingerprint density at radius 2 is 1.63 bits per heavy atom. The van der Waals surface area contributed by atoms with Crippen LogP contribution < -0.4 is 11.0 Å². The van der Waals surface area contributed by atoms with Crippen LogP contribution >= 0.6 is 0 Å². The second kappa shape index (κ2) is 6.28. The van der Waals surface area contributed by atoms with E-state index >= 15 is 0 Å². The van der Waals surface area contributed by atoms with Crippen LogP contribution in [-0.2, 0) is 25.4 Å². The summed E-state index contributed by atoms with van der Waals surface area (Å²) in [6.45, 7) is 0.217. The average molecular weight is 362 g/mol. The molecule has 2 aromatic carbocycles. The van der Waals surface area contributed by atoms with Crippen molar-refractivity contribution < 1.29 is 9.59 Å². The third kappa shape index (κ3) is 2.83. The van der Waals surface area contributed by atoms with E-state index in [1.807, 2.05) is 48.5 Å². The number of fused-ring (bicyclic) bond motifs is 1. The third-order valence-corrected chi connectivity index (χ3v) is 4.75. The Hall–Kier alpha value is -3.61. The number of carbonyl (C=O) groups excluding carboxylic acids is 2. The Bertz CT molecular complexity index is 1160. The smallest absolute Gasteiger partial charge is 0.303 e. The second-order valence-corrected chi connectivity index (χ2v) is 6.51. The fourth-order valence-corrected chi connectivity index (χ4v) is 3.26. The van der Waals surface area contributed by atoms with E-state index in [0.29, 0.717) is 0 Å². The van der Waals surface area contributed by atoms with Gasteiger partial charge in [0.2, 0.25) is 0 Å². The molecule has 7 heteroatoms. The molecule has 3 aromatic rings.